The lowest BCUT2D eigenvalue weighted by Crippen LogP contribution is -2.48. The van der Waals surface area contributed by atoms with E-state index in [4.69, 9.17) is 0 Å². The quantitative estimate of drug-likeness (QED) is 0.347. The molecule has 42 heavy (non-hydrogen) atoms. The Morgan fingerprint density at radius 3 is 1.31 bits per heavy atom. The van der Waals surface area contributed by atoms with Gasteiger partial charge in [0, 0.05) is 88.4 Å². The van der Waals surface area contributed by atoms with E-state index in [0.717, 1.165) is 100 Å². The number of carbonyl (C=O) groups excluding carboxylic acids is 2. The molecule has 0 N–H and O–H groups in total. The van der Waals surface area contributed by atoms with Crippen LogP contribution in [0.15, 0.2) is 23.2 Å². The molecule has 2 amide bonds. The topological polar surface area (TPSA) is 72.9 Å². The molecule has 232 valence electrons. The van der Waals surface area contributed by atoms with E-state index < -0.39 is 0 Å². The van der Waals surface area contributed by atoms with Crippen molar-refractivity contribution < 1.29 is 9.59 Å². The van der Waals surface area contributed by atoms with Gasteiger partial charge in [0.1, 0.15) is 0 Å². The van der Waals surface area contributed by atoms with Crippen LogP contribution in [-0.4, -0.2) is 83.9 Å². The molecule has 6 rings (SSSR count). The predicted molar refractivity (Wildman–Crippen MR) is 173 cm³/mol. The van der Waals surface area contributed by atoms with E-state index in [0.29, 0.717) is 11.8 Å². The Bertz CT molecular complexity index is 953. The molecule has 2 aromatic rings. The number of nitrogens with zero attached hydrogens (tertiary/aromatic N) is 6. The van der Waals surface area contributed by atoms with Gasteiger partial charge in [-0.3, -0.25) is 9.59 Å². The highest BCUT2D eigenvalue weighted by Crippen LogP contribution is 2.29. The van der Waals surface area contributed by atoms with Gasteiger partial charge in [-0.2, -0.15) is 0 Å². The molecular formula is C32H50N6O2S2. The molecule has 0 atom stereocenters. The van der Waals surface area contributed by atoms with Crippen LogP contribution in [-0.2, 0) is 9.59 Å². The number of hydrogen-bond donors (Lipinski definition) is 0. The minimum absolute atomic E-state index is 0.361. The molecule has 2 saturated carbocycles. The molecule has 2 saturated heterocycles. The molecule has 2 aliphatic heterocycles. The van der Waals surface area contributed by atoms with Crippen LogP contribution in [0.2, 0.25) is 0 Å². The van der Waals surface area contributed by atoms with Gasteiger partial charge in [-0.05, 0) is 24.7 Å². The van der Waals surface area contributed by atoms with Gasteiger partial charge in [-0.1, -0.05) is 64.2 Å². The Morgan fingerprint density at radius 1 is 0.595 bits per heavy atom. The molecule has 0 unspecified atom stereocenters. The molecule has 10 heteroatoms. The minimum Gasteiger partial charge on any atom is -0.345 e. The lowest BCUT2D eigenvalue weighted by atomic mass is 9.86. The van der Waals surface area contributed by atoms with Crippen molar-refractivity contribution in [3.63, 3.8) is 0 Å². The van der Waals surface area contributed by atoms with Crippen LogP contribution in [0.3, 0.4) is 0 Å². The highest BCUT2D eigenvalue weighted by molar-refractivity contribution is 7.13. The molecular weight excluding hydrogens is 565 g/mol. The van der Waals surface area contributed by atoms with Crippen molar-refractivity contribution in [2.24, 2.45) is 11.8 Å². The summed E-state index contributed by atoms with van der Waals surface area (Å²) in [6.07, 6.45) is 21.0. The average Bonchev–Trinajstić information content (AvgIpc) is 3.80. The summed E-state index contributed by atoms with van der Waals surface area (Å²) in [7, 11) is 0. The van der Waals surface area contributed by atoms with Crippen LogP contribution in [0.5, 0.6) is 0 Å². The first kappa shape index (κ1) is 31.2. The number of piperazine rings is 2. The number of carbonyl (C=O) groups is 2. The fourth-order valence-electron chi connectivity index (χ4n) is 6.96. The van der Waals surface area contributed by atoms with Gasteiger partial charge in [-0.25, -0.2) is 9.97 Å². The summed E-state index contributed by atoms with van der Waals surface area (Å²) in [5, 5.41) is 6.20. The number of thiazole rings is 2. The van der Waals surface area contributed by atoms with Gasteiger partial charge in [0.2, 0.25) is 11.8 Å². The summed E-state index contributed by atoms with van der Waals surface area (Å²) >= 11 is 3.36. The van der Waals surface area contributed by atoms with E-state index in [1.807, 2.05) is 33.0 Å². The van der Waals surface area contributed by atoms with Gasteiger partial charge in [-0.15, -0.1) is 22.7 Å². The van der Waals surface area contributed by atoms with E-state index in [1.165, 1.54) is 64.2 Å². The number of rotatable bonds is 8. The average molecular weight is 615 g/mol. The number of anilines is 2. The first-order valence-electron chi connectivity index (χ1n) is 16.5. The van der Waals surface area contributed by atoms with Crippen molar-refractivity contribution in [1.29, 1.82) is 0 Å². The Labute approximate surface area is 260 Å². The summed E-state index contributed by atoms with van der Waals surface area (Å²) in [6, 6.07) is 0. The molecule has 8 nitrogen and oxygen atoms in total. The standard InChI is InChI=1S/2C16H25N3OS/c2*20-15(7-6-14-4-2-1-3-5-14)18-9-11-19(12-10-18)16-17-8-13-21-16/h2*8,13-14H,1-7,9-12H2. The maximum Gasteiger partial charge on any atom is 0.222 e. The molecule has 2 aromatic heterocycles. The van der Waals surface area contributed by atoms with Crippen molar-refractivity contribution in [3.8, 4) is 0 Å². The first-order chi connectivity index (χ1) is 20.7. The summed E-state index contributed by atoms with van der Waals surface area (Å²) in [4.78, 5) is 42.0. The van der Waals surface area contributed by atoms with E-state index >= 15 is 0 Å². The second-order valence-corrected chi connectivity index (χ2v) is 14.2. The zero-order chi connectivity index (χ0) is 29.0. The zero-order valence-corrected chi connectivity index (χ0v) is 27.0. The monoisotopic (exact) mass is 614 g/mol. The van der Waals surface area contributed by atoms with Gasteiger partial charge in [0.25, 0.3) is 0 Å². The van der Waals surface area contributed by atoms with Gasteiger partial charge >= 0.3 is 0 Å². The Morgan fingerprint density at radius 2 is 0.976 bits per heavy atom. The van der Waals surface area contributed by atoms with Crippen molar-refractivity contribution in [2.45, 2.75) is 89.9 Å². The Kier molecular flexibility index (Phi) is 12.3. The maximum atomic E-state index is 12.3. The molecule has 0 radical (unpaired) electrons. The third-order valence-corrected chi connectivity index (χ3v) is 11.3. The number of hydrogen-bond acceptors (Lipinski definition) is 8. The lowest BCUT2D eigenvalue weighted by Gasteiger charge is -2.35. The van der Waals surface area contributed by atoms with Crippen LogP contribution < -0.4 is 9.80 Å². The normalized spacial score (nSPS) is 20.8. The van der Waals surface area contributed by atoms with Crippen LogP contribution in [0.1, 0.15) is 89.9 Å². The molecule has 0 aromatic carbocycles. The van der Waals surface area contributed by atoms with Crippen LogP contribution in [0, 0.1) is 11.8 Å². The molecule has 4 aliphatic rings. The van der Waals surface area contributed by atoms with E-state index in [2.05, 4.69) is 19.8 Å². The van der Waals surface area contributed by atoms with E-state index in [1.54, 1.807) is 22.7 Å². The minimum atomic E-state index is 0.361. The second kappa shape index (κ2) is 16.6. The highest BCUT2D eigenvalue weighted by atomic mass is 32.1. The van der Waals surface area contributed by atoms with Gasteiger partial charge in [0.15, 0.2) is 10.3 Å². The second-order valence-electron chi connectivity index (χ2n) is 12.5. The van der Waals surface area contributed by atoms with Crippen LogP contribution in [0.4, 0.5) is 10.3 Å². The van der Waals surface area contributed by atoms with Crippen LogP contribution >= 0.6 is 22.7 Å². The van der Waals surface area contributed by atoms with E-state index in [-0.39, 0.29) is 0 Å². The summed E-state index contributed by atoms with van der Waals surface area (Å²) < 4.78 is 0. The smallest absolute Gasteiger partial charge is 0.222 e. The molecule has 4 fully saturated rings. The maximum absolute atomic E-state index is 12.3. The zero-order valence-electron chi connectivity index (χ0n) is 25.3. The molecule has 0 bridgehead atoms. The Hall–Kier alpha value is -2.20. The lowest BCUT2D eigenvalue weighted by molar-refractivity contribution is -0.132. The summed E-state index contributed by atoms with van der Waals surface area (Å²) in [5.41, 5.74) is 0. The van der Waals surface area contributed by atoms with E-state index in [9.17, 15) is 9.59 Å². The van der Waals surface area contributed by atoms with Gasteiger partial charge < -0.3 is 19.6 Å². The molecule has 2 aliphatic carbocycles. The largest absolute Gasteiger partial charge is 0.345 e. The van der Waals surface area contributed by atoms with Crippen molar-refractivity contribution in [3.05, 3.63) is 23.2 Å². The summed E-state index contributed by atoms with van der Waals surface area (Å²) in [6.45, 7) is 7.08. The molecule has 4 heterocycles. The fourth-order valence-corrected chi connectivity index (χ4v) is 8.36. The predicted octanol–water partition coefficient (Wildman–Crippen LogP) is 6.30. The van der Waals surface area contributed by atoms with Crippen molar-refractivity contribution >= 4 is 44.8 Å². The third-order valence-electron chi connectivity index (χ3n) is 9.63. The van der Waals surface area contributed by atoms with Crippen molar-refractivity contribution in [2.75, 3.05) is 62.2 Å². The molecule has 0 spiro atoms. The number of aromatic nitrogens is 2. The summed E-state index contributed by atoms with van der Waals surface area (Å²) in [5.74, 6) is 2.33. The van der Waals surface area contributed by atoms with Crippen LogP contribution in [0.25, 0.3) is 0 Å². The van der Waals surface area contributed by atoms with Crippen molar-refractivity contribution in [1.82, 2.24) is 19.8 Å². The SMILES string of the molecule is O=C(CCC1CCCCC1)N1CCN(c2nccs2)CC1.O=C(CCC1CCCCC1)N1CCN(c2nccs2)CC1. The first-order valence-corrected chi connectivity index (χ1v) is 18.3. The highest BCUT2D eigenvalue weighted by Gasteiger charge is 2.25. The Balaban J connectivity index is 0.000000168. The fraction of sp³-hybridized carbons (Fsp3) is 0.750. The third kappa shape index (κ3) is 9.40. The van der Waals surface area contributed by atoms with Gasteiger partial charge in [0.05, 0.1) is 0 Å². The number of amides is 2.